The molecule has 0 unspecified atom stereocenters. The molecule has 3 N–H and O–H groups in total. The zero-order chi connectivity index (χ0) is 20.5. The van der Waals surface area contributed by atoms with Gasteiger partial charge in [0.25, 0.3) is 5.91 Å². The Morgan fingerprint density at radius 1 is 1.25 bits per heavy atom. The van der Waals surface area contributed by atoms with Gasteiger partial charge in [-0.15, -0.1) is 0 Å². The Balaban J connectivity index is 0.00000136. The molecule has 2 heterocycles. The lowest BCUT2D eigenvalue weighted by molar-refractivity contribution is 0.0925. The smallest absolute Gasteiger partial charge is 0.255 e. The molecule has 28 heavy (non-hydrogen) atoms. The second-order valence-corrected chi connectivity index (χ2v) is 7.43. The molecule has 1 amide bonds. The predicted molar refractivity (Wildman–Crippen MR) is 115 cm³/mol. The minimum absolute atomic E-state index is 0.193. The van der Waals surface area contributed by atoms with Crippen molar-refractivity contribution in [2.24, 2.45) is 5.92 Å². The monoisotopic (exact) mass is 411 g/mol. The lowest BCUT2D eigenvalue weighted by Crippen LogP contribution is -2.39. The van der Waals surface area contributed by atoms with Crippen LogP contribution in [-0.4, -0.2) is 50.2 Å². The van der Waals surface area contributed by atoms with E-state index in [1.54, 1.807) is 6.07 Å². The van der Waals surface area contributed by atoms with Crippen molar-refractivity contribution in [3.63, 3.8) is 0 Å². The highest BCUT2D eigenvalue weighted by Gasteiger charge is 2.26. The van der Waals surface area contributed by atoms with Gasteiger partial charge in [0.15, 0.2) is 11.5 Å². The van der Waals surface area contributed by atoms with Gasteiger partial charge in [-0.1, -0.05) is 38.8 Å². The van der Waals surface area contributed by atoms with Gasteiger partial charge in [0, 0.05) is 6.54 Å². The van der Waals surface area contributed by atoms with Crippen LogP contribution in [0, 0.1) is 5.92 Å². The molecule has 0 radical (unpaired) electrons. The van der Waals surface area contributed by atoms with E-state index in [4.69, 9.17) is 26.8 Å². The lowest BCUT2D eigenvalue weighted by Gasteiger charge is -2.32. The molecule has 0 aromatic heterocycles. The molecule has 0 spiro atoms. The van der Waals surface area contributed by atoms with Crippen molar-refractivity contribution in [2.45, 2.75) is 46.5 Å². The molecule has 158 valence electrons. The highest BCUT2D eigenvalue weighted by molar-refractivity contribution is 6.34. The number of rotatable bonds is 6. The molecule has 0 saturated carbocycles. The van der Waals surface area contributed by atoms with E-state index in [2.05, 4.69) is 17.1 Å². The van der Waals surface area contributed by atoms with E-state index in [0.717, 1.165) is 25.9 Å². The highest BCUT2D eigenvalue weighted by atomic mass is 35.5. The fourth-order valence-corrected chi connectivity index (χ4v) is 3.69. The number of hydrogen-bond donors (Lipinski definition) is 2. The number of unbranched alkanes of at least 4 members (excludes halogenated alkanes) is 1. The third kappa shape index (κ3) is 5.67. The summed E-state index contributed by atoms with van der Waals surface area (Å²) in [5.74, 6) is 1.08. The number of nitrogens with two attached hydrogens (primary N) is 1. The zero-order valence-electron chi connectivity index (χ0n) is 17.4. The Labute approximate surface area is 173 Å². The second kappa shape index (κ2) is 11.4. The van der Waals surface area contributed by atoms with E-state index in [9.17, 15) is 4.79 Å². The van der Waals surface area contributed by atoms with Crippen molar-refractivity contribution in [3.05, 3.63) is 16.7 Å². The Morgan fingerprint density at radius 2 is 1.89 bits per heavy atom. The fourth-order valence-electron chi connectivity index (χ4n) is 3.49. The van der Waals surface area contributed by atoms with Gasteiger partial charge in [-0.2, -0.15) is 0 Å². The third-order valence-electron chi connectivity index (χ3n) is 5.13. The van der Waals surface area contributed by atoms with E-state index < -0.39 is 0 Å². The largest absolute Gasteiger partial charge is 0.485 e. The van der Waals surface area contributed by atoms with Gasteiger partial charge in [-0.25, -0.2) is 0 Å². The number of carbonyl (C=O) groups is 1. The van der Waals surface area contributed by atoms with Crippen LogP contribution in [0.1, 0.15) is 56.8 Å². The number of likely N-dealkylation sites (tertiary alicyclic amines) is 1. The van der Waals surface area contributed by atoms with Crippen molar-refractivity contribution in [2.75, 3.05) is 45.1 Å². The number of nitrogens with zero attached hydrogens (tertiary/aromatic N) is 1. The summed E-state index contributed by atoms with van der Waals surface area (Å²) in [6, 6.07) is 1.56. The Kier molecular flexibility index (Phi) is 9.19. The van der Waals surface area contributed by atoms with Gasteiger partial charge in [0.05, 0.1) is 16.3 Å². The van der Waals surface area contributed by atoms with Crippen molar-refractivity contribution in [1.29, 1.82) is 0 Å². The first kappa shape index (κ1) is 22.6. The van der Waals surface area contributed by atoms with Crippen LogP contribution < -0.4 is 20.5 Å². The third-order valence-corrected chi connectivity index (χ3v) is 5.44. The number of fused-ring (bicyclic) bond motifs is 1. The topological polar surface area (TPSA) is 76.8 Å². The predicted octanol–water partition coefficient (Wildman–Crippen LogP) is 3.96. The molecule has 0 aliphatic carbocycles. The van der Waals surface area contributed by atoms with Crippen LogP contribution >= 0.6 is 11.6 Å². The Morgan fingerprint density at radius 3 is 2.54 bits per heavy atom. The second-order valence-electron chi connectivity index (χ2n) is 7.02. The Hall–Kier alpha value is -1.66. The van der Waals surface area contributed by atoms with Crippen molar-refractivity contribution in [1.82, 2.24) is 10.2 Å². The molecule has 0 atom stereocenters. The van der Waals surface area contributed by atoms with Gasteiger partial charge in [0.1, 0.15) is 13.2 Å². The van der Waals surface area contributed by atoms with E-state index in [-0.39, 0.29) is 5.91 Å². The number of hydrogen-bond acceptors (Lipinski definition) is 5. The van der Waals surface area contributed by atoms with E-state index in [0.29, 0.717) is 53.4 Å². The number of nitrogen functional groups attached to an aromatic ring is 1. The van der Waals surface area contributed by atoms with Gasteiger partial charge in [-0.3, -0.25) is 4.79 Å². The van der Waals surface area contributed by atoms with E-state index in [1.165, 1.54) is 19.4 Å². The van der Waals surface area contributed by atoms with Crippen molar-refractivity contribution in [3.8, 4) is 11.5 Å². The van der Waals surface area contributed by atoms with Crippen molar-refractivity contribution >= 4 is 23.2 Å². The normalized spacial score (nSPS) is 16.9. The molecular formula is C21H34ClN3O3. The average molecular weight is 412 g/mol. The quantitative estimate of drug-likeness (QED) is 0.693. The summed E-state index contributed by atoms with van der Waals surface area (Å²) in [5, 5.41) is 3.34. The van der Waals surface area contributed by atoms with Crippen molar-refractivity contribution < 1.29 is 14.3 Å². The molecule has 3 rings (SSSR count). The summed E-state index contributed by atoms with van der Waals surface area (Å²) in [6.45, 7) is 11.1. The first-order chi connectivity index (χ1) is 13.6. The summed E-state index contributed by atoms with van der Waals surface area (Å²) in [5.41, 5.74) is 6.64. The van der Waals surface area contributed by atoms with Crippen LogP contribution in [0.2, 0.25) is 5.02 Å². The maximum atomic E-state index is 12.7. The minimum Gasteiger partial charge on any atom is -0.485 e. The summed E-state index contributed by atoms with van der Waals surface area (Å²) in [6.07, 6.45) is 4.72. The van der Waals surface area contributed by atoms with Crippen LogP contribution in [0.25, 0.3) is 0 Å². The number of piperidine rings is 1. The molecule has 1 saturated heterocycles. The molecule has 1 aromatic carbocycles. The van der Waals surface area contributed by atoms with Crippen LogP contribution in [0.3, 0.4) is 0 Å². The van der Waals surface area contributed by atoms with Gasteiger partial charge < -0.3 is 25.4 Å². The Bertz CT molecular complexity index is 646. The number of carbonyl (C=O) groups excluding carboxylic acids is 1. The molecular weight excluding hydrogens is 378 g/mol. The summed E-state index contributed by atoms with van der Waals surface area (Å²) < 4.78 is 11.2. The van der Waals surface area contributed by atoms with E-state index >= 15 is 0 Å². The molecule has 7 heteroatoms. The fraction of sp³-hybridized carbons (Fsp3) is 0.667. The number of benzene rings is 1. The first-order valence-electron chi connectivity index (χ1n) is 10.5. The highest BCUT2D eigenvalue weighted by Crippen LogP contribution is 2.43. The lowest BCUT2D eigenvalue weighted by atomic mass is 9.96. The van der Waals surface area contributed by atoms with Gasteiger partial charge in [0.2, 0.25) is 0 Å². The van der Waals surface area contributed by atoms with Crippen LogP contribution in [0.5, 0.6) is 11.5 Å². The summed E-state index contributed by atoms with van der Waals surface area (Å²) in [4.78, 5) is 15.2. The number of nitrogens with one attached hydrogen (secondary N) is 1. The standard InChI is InChI=1S/C19H28ClN3O3.C2H6/c1-2-3-6-23-7-4-13(5-8-23)12-22-19(24)14-11-15(20)16(21)18-17(14)25-9-10-26-18;1-2/h11,13H,2-10,12,21H2,1H3,(H,22,24);1-2H3. The van der Waals surface area contributed by atoms with E-state index in [1.807, 2.05) is 13.8 Å². The molecule has 1 fully saturated rings. The number of ether oxygens (including phenoxy) is 2. The van der Waals surface area contributed by atoms with Crippen LogP contribution in [0.15, 0.2) is 6.07 Å². The van der Waals surface area contributed by atoms with Gasteiger partial charge in [-0.05, 0) is 50.9 Å². The number of amides is 1. The molecule has 2 aliphatic heterocycles. The first-order valence-corrected chi connectivity index (χ1v) is 10.9. The zero-order valence-corrected chi connectivity index (χ0v) is 18.1. The van der Waals surface area contributed by atoms with Gasteiger partial charge >= 0.3 is 0 Å². The average Bonchev–Trinajstić information content (AvgIpc) is 2.75. The number of anilines is 1. The number of halogens is 1. The summed E-state index contributed by atoms with van der Waals surface area (Å²) in [7, 11) is 0. The molecule has 1 aromatic rings. The summed E-state index contributed by atoms with van der Waals surface area (Å²) >= 11 is 6.16. The molecule has 2 aliphatic rings. The maximum absolute atomic E-state index is 12.7. The molecule has 0 bridgehead atoms. The SMILES string of the molecule is CC.CCCCN1CCC(CNC(=O)c2cc(Cl)c(N)c3c2OCCO3)CC1. The maximum Gasteiger partial charge on any atom is 0.255 e. The minimum atomic E-state index is -0.193. The molecule has 6 nitrogen and oxygen atoms in total. The van der Waals surface area contributed by atoms with Crippen LogP contribution in [-0.2, 0) is 0 Å². The van der Waals surface area contributed by atoms with Crippen LogP contribution in [0.4, 0.5) is 5.69 Å².